The Morgan fingerprint density at radius 2 is 1.57 bits per heavy atom. The van der Waals surface area contributed by atoms with Crippen molar-refractivity contribution in [1.82, 2.24) is 5.43 Å². The highest BCUT2D eigenvalue weighted by Crippen LogP contribution is 2.68. The highest BCUT2D eigenvalue weighted by molar-refractivity contribution is 5.41. The van der Waals surface area contributed by atoms with Crippen molar-refractivity contribution >= 4 is 5.69 Å². The molecular formula is C33H54N2. The fourth-order valence-corrected chi connectivity index (χ4v) is 10.1. The first-order valence-corrected chi connectivity index (χ1v) is 15.4. The number of nitrogens with one attached hydrogen (secondary N) is 2. The normalized spacial score (nSPS) is 41.7. The molecule has 1 aromatic rings. The van der Waals surface area contributed by atoms with Crippen LogP contribution >= 0.6 is 0 Å². The second-order valence-electron chi connectivity index (χ2n) is 14.3. The van der Waals surface area contributed by atoms with Gasteiger partial charge < -0.3 is 5.43 Å². The van der Waals surface area contributed by atoms with Crippen LogP contribution in [0.25, 0.3) is 0 Å². The van der Waals surface area contributed by atoms with E-state index in [9.17, 15) is 0 Å². The molecule has 4 saturated carbocycles. The van der Waals surface area contributed by atoms with Crippen LogP contribution in [0.1, 0.15) is 112 Å². The van der Waals surface area contributed by atoms with Gasteiger partial charge in [0, 0.05) is 11.7 Å². The lowest BCUT2D eigenvalue weighted by Gasteiger charge is -2.61. The van der Waals surface area contributed by atoms with Crippen molar-refractivity contribution in [3.63, 3.8) is 0 Å². The Hall–Kier alpha value is -1.02. The van der Waals surface area contributed by atoms with Gasteiger partial charge in [0.05, 0.1) is 0 Å². The highest BCUT2D eigenvalue weighted by Gasteiger charge is 2.60. The third-order valence-corrected chi connectivity index (χ3v) is 12.1. The lowest BCUT2D eigenvalue weighted by molar-refractivity contribution is -0.117. The maximum absolute atomic E-state index is 3.70. The Morgan fingerprint density at radius 1 is 0.829 bits per heavy atom. The number of hydrogen-bond donors (Lipinski definition) is 2. The molecule has 5 rings (SSSR count). The van der Waals surface area contributed by atoms with Crippen LogP contribution in [0.4, 0.5) is 5.69 Å². The molecule has 0 aliphatic heterocycles. The molecule has 35 heavy (non-hydrogen) atoms. The molecular weight excluding hydrogens is 424 g/mol. The summed E-state index contributed by atoms with van der Waals surface area (Å²) in [5, 5.41) is 0. The van der Waals surface area contributed by atoms with Gasteiger partial charge in [0.15, 0.2) is 0 Å². The SMILES string of the molecule is CC(C)CCC[C@@H](C)[C@H]1CC[C@H]2[C@@H]3CCC4CC(NNc5ccccc5)CC[C@]4(C)[C@H]3CC[C@]12C. The third kappa shape index (κ3) is 4.95. The summed E-state index contributed by atoms with van der Waals surface area (Å²) >= 11 is 0. The molecule has 0 bridgehead atoms. The van der Waals surface area contributed by atoms with E-state index in [1.165, 1.54) is 82.7 Å². The summed E-state index contributed by atoms with van der Waals surface area (Å²) in [6.45, 7) is 12.9. The molecule has 4 aliphatic carbocycles. The molecule has 196 valence electrons. The number of fused-ring (bicyclic) bond motifs is 5. The van der Waals surface area contributed by atoms with E-state index in [0.717, 1.165) is 41.4 Å². The van der Waals surface area contributed by atoms with Crippen LogP contribution in [0.5, 0.6) is 0 Å². The Morgan fingerprint density at radius 3 is 2.34 bits per heavy atom. The summed E-state index contributed by atoms with van der Waals surface area (Å²) in [5.41, 5.74) is 9.58. The molecule has 0 radical (unpaired) electrons. The van der Waals surface area contributed by atoms with Crippen molar-refractivity contribution in [2.24, 2.45) is 52.3 Å². The number of anilines is 1. The molecule has 0 amide bonds. The predicted octanol–water partition coefficient (Wildman–Crippen LogP) is 9.09. The average Bonchev–Trinajstić information content (AvgIpc) is 3.20. The molecule has 0 heterocycles. The molecule has 2 nitrogen and oxygen atoms in total. The fourth-order valence-electron chi connectivity index (χ4n) is 10.1. The van der Waals surface area contributed by atoms with Gasteiger partial charge in [-0.25, -0.2) is 5.43 Å². The summed E-state index contributed by atoms with van der Waals surface area (Å²) in [7, 11) is 0. The quantitative estimate of drug-likeness (QED) is 0.364. The molecule has 9 atom stereocenters. The maximum Gasteiger partial charge on any atom is 0.0487 e. The van der Waals surface area contributed by atoms with Crippen molar-refractivity contribution in [3.8, 4) is 0 Å². The Bertz CT molecular complexity index is 820. The lowest BCUT2D eigenvalue weighted by Crippen LogP contribution is -2.55. The van der Waals surface area contributed by atoms with Gasteiger partial charge in [0.25, 0.3) is 0 Å². The monoisotopic (exact) mass is 478 g/mol. The van der Waals surface area contributed by atoms with E-state index in [2.05, 4.69) is 75.8 Å². The zero-order chi connectivity index (χ0) is 24.6. The van der Waals surface area contributed by atoms with Crippen LogP contribution in [0.3, 0.4) is 0 Å². The van der Waals surface area contributed by atoms with Gasteiger partial charge in [-0.3, -0.25) is 0 Å². The second-order valence-corrected chi connectivity index (χ2v) is 14.3. The zero-order valence-corrected chi connectivity index (χ0v) is 23.5. The molecule has 1 aromatic carbocycles. The molecule has 4 fully saturated rings. The second kappa shape index (κ2) is 10.4. The van der Waals surface area contributed by atoms with E-state index in [4.69, 9.17) is 0 Å². The van der Waals surface area contributed by atoms with E-state index in [1.54, 1.807) is 0 Å². The van der Waals surface area contributed by atoms with Crippen molar-refractivity contribution in [3.05, 3.63) is 30.3 Å². The average molecular weight is 479 g/mol. The van der Waals surface area contributed by atoms with Crippen LogP contribution in [0.2, 0.25) is 0 Å². The number of benzene rings is 1. The first-order valence-electron chi connectivity index (χ1n) is 15.4. The summed E-state index contributed by atoms with van der Waals surface area (Å²) in [6.07, 6.45) is 17.5. The number of hydrogen-bond acceptors (Lipinski definition) is 2. The number of rotatable bonds is 8. The smallest absolute Gasteiger partial charge is 0.0487 e. The summed E-state index contributed by atoms with van der Waals surface area (Å²) in [4.78, 5) is 0. The first kappa shape index (κ1) is 25.6. The minimum atomic E-state index is 0.580. The largest absolute Gasteiger partial charge is 0.321 e. The minimum Gasteiger partial charge on any atom is -0.321 e. The minimum absolute atomic E-state index is 0.580. The Kier molecular flexibility index (Phi) is 7.61. The van der Waals surface area contributed by atoms with Gasteiger partial charge in [-0.2, -0.15) is 0 Å². The maximum atomic E-state index is 3.70. The van der Waals surface area contributed by atoms with Gasteiger partial charge in [-0.05, 0) is 122 Å². The molecule has 0 spiro atoms. The van der Waals surface area contributed by atoms with Gasteiger partial charge in [-0.15, -0.1) is 0 Å². The van der Waals surface area contributed by atoms with Crippen molar-refractivity contribution in [1.29, 1.82) is 0 Å². The standard InChI is InChI=1S/C33H54N2/c1-23(2)10-9-11-24(3)29-16-17-30-28-15-14-25-22-27(35-34-26-12-7-6-8-13-26)18-20-32(25,4)31(28)19-21-33(29,30)5/h6-8,12-13,23-25,27-31,34-35H,9-11,14-22H2,1-5H3/t24-,25?,27?,28+,29-,30+,31+,32+,33-/m1/s1. The zero-order valence-electron chi connectivity index (χ0n) is 23.5. The van der Waals surface area contributed by atoms with Crippen LogP contribution in [-0.4, -0.2) is 6.04 Å². The van der Waals surface area contributed by atoms with Crippen molar-refractivity contribution in [2.75, 3.05) is 5.43 Å². The summed E-state index contributed by atoms with van der Waals surface area (Å²) in [5.74, 6) is 6.67. The van der Waals surface area contributed by atoms with E-state index in [1.807, 2.05) is 0 Å². The van der Waals surface area contributed by atoms with Gasteiger partial charge in [-0.1, -0.05) is 72.1 Å². The van der Waals surface area contributed by atoms with E-state index in [0.29, 0.717) is 16.9 Å². The first-order chi connectivity index (χ1) is 16.8. The van der Waals surface area contributed by atoms with Crippen LogP contribution in [0, 0.1) is 52.3 Å². The van der Waals surface area contributed by atoms with Gasteiger partial charge in [0.1, 0.15) is 0 Å². The number of para-hydroxylation sites is 1. The summed E-state index contributed by atoms with van der Waals surface area (Å²) < 4.78 is 0. The van der Waals surface area contributed by atoms with Gasteiger partial charge >= 0.3 is 0 Å². The van der Waals surface area contributed by atoms with Crippen LogP contribution in [-0.2, 0) is 0 Å². The molecule has 2 heteroatoms. The highest BCUT2D eigenvalue weighted by atomic mass is 15.4. The molecule has 0 aromatic heterocycles. The van der Waals surface area contributed by atoms with Crippen molar-refractivity contribution in [2.45, 2.75) is 118 Å². The van der Waals surface area contributed by atoms with E-state index < -0.39 is 0 Å². The molecule has 4 aliphatic rings. The van der Waals surface area contributed by atoms with Crippen LogP contribution < -0.4 is 10.9 Å². The van der Waals surface area contributed by atoms with E-state index in [-0.39, 0.29) is 0 Å². The lowest BCUT2D eigenvalue weighted by atomic mass is 9.44. The topological polar surface area (TPSA) is 24.1 Å². The Labute approximate surface area is 216 Å². The number of hydrazine groups is 1. The predicted molar refractivity (Wildman–Crippen MR) is 150 cm³/mol. The third-order valence-electron chi connectivity index (χ3n) is 12.1. The van der Waals surface area contributed by atoms with E-state index >= 15 is 0 Å². The molecule has 2 unspecified atom stereocenters. The van der Waals surface area contributed by atoms with Crippen molar-refractivity contribution < 1.29 is 0 Å². The molecule has 2 N–H and O–H groups in total. The van der Waals surface area contributed by atoms with Crippen LogP contribution in [0.15, 0.2) is 30.3 Å². The summed E-state index contributed by atoms with van der Waals surface area (Å²) in [6, 6.07) is 11.2. The molecule has 0 saturated heterocycles. The Balaban J connectivity index is 1.20. The van der Waals surface area contributed by atoms with Gasteiger partial charge in [0.2, 0.25) is 0 Å². The fraction of sp³-hybridized carbons (Fsp3) is 0.818.